The molecule has 3 nitrogen and oxygen atoms in total. The van der Waals surface area contributed by atoms with Crippen LogP contribution in [0.1, 0.15) is 66.4 Å². The van der Waals surface area contributed by atoms with Gasteiger partial charge in [-0.25, -0.2) is 4.79 Å². The number of nitrogens with zero attached hydrogens (tertiary/aromatic N) is 1. The Morgan fingerprint density at radius 1 is 1.29 bits per heavy atom. The van der Waals surface area contributed by atoms with Crippen molar-refractivity contribution in [2.45, 2.75) is 51.4 Å². The lowest BCUT2D eigenvalue weighted by Gasteiger charge is -2.50. The fourth-order valence-electron chi connectivity index (χ4n) is 6.04. The second kappa shape index (κ2) is 5.62. The first-order chi connectivity index (χ1) is 11.6. The number of hydrogen-bond donors (Lipinski definition) is 0. The summed E-state index contributed by atoms with van der Waals surface area (Å²) < 4.78 is 4.86. The van der Waals surface area contributed by atoms with Crippen LogP contribution in [-0.2, 0) is 11.2 Å². The summed E-state index contributed by atoms with van der Waals surface area (Å²) in [6.45, 7) is 2.37. The smallest absolute Gasteiger partial charge is 0.337 e. The van der Waals surface area contributed by atoms with E-state index in [4.69, 9.17) is 4.74 Å². The zero-order valence-electron chi connectivity index (χ0n) is 14.5. The van der Waals surface area contributed by atoms with E-state index in [1.165, 1.54) is 37.5 Å². The highest BCUT2D eigenvalue weighted by Crippen LogP contribution is 2.62. The average molecular weight is 323 g/mol. The molecule has 0 saturated heterocycles. The van der Waals surface area contributed by atoms with Crippen LogP contribution in [0.3, 0.4) is 0 Å². The fourth-order valence-corrected chi connectivity index (χ4v) is 6.04. The second-order valence-electron chi connectivity index (χ2n) is 8.12. The van der Waals surface area contributed by atoms with Crippen LogP contribution in [0.2, 0.25) is 0 Å². The number of aryl methyl sites for hydroxylation is 1. The Bertz CT molecular complexity index is 719. The normalized spacial score (nSPS) is 36.9. The van der Waals surface area contributed by atoms with E-state index in [1.54, 1.807) is 0 Å². The molecule has 0 heterocycles. The monoisotopic (exact) mass is 323 g/mol. The van der Waals surface area contributed by atoms with Crippen molar-refractivity contribution < 1.29 is 9.53 Å². The van der Waals surface area contributed by atoms with Crippen molar-refractivity contribution in [2.75, 3.05) is 7.11 Å². The molecular formula is C21H25NO2. The van der Waals surface area contributed by atoms with E-state index < -0.39 is 0 Å². The lowest BCUT2D eigenvalue weighted by Crippen LogP contribution is -2.42. The van der Waals surface area contributed by atoms with Gasteiger partial charge < -0.3 is 4.74 Å². The highest BCUT2D eigenvalue weighted by Gasteiger charge is 2.54. The lowest BCUT2D eigenvalue weighted by atomic mass is 9.54. The second-order valence-corrected chi connectivity index (χ2v) is 8.12. The zero-order chi connectivity index (χ0) is 16.9. The van der Waals surface area contributed by atoms with Gasteiger partial charge in [-0.15, -0.1) is 0 Å². The van der Waals surface area contributed by atoms with Gasteiger partial charge in [0.25, 0.3) is 0 Å². The molecule has 126 valence electrons. The Hall–Kier alpha value is -1.82. The predicted octanol–water partition coefficient (Wildman–Crippen LogP) is 4.47. The Labute approximate surface area is 144 Å². The number of methoxy groups -OCH3 is 1. The highest BCUT2D eigenvalue weighted by molar-refractivity contribution is 5.89. The quantitative estimate of drug-likeness (QED) is 0.717. The molecule has 1 unspecified atom stereocenters. The van der Waals surface area contributed by atoms with Crippen LogP contribution in [0.4, 0.5) is 0 Å². The van der Waals surface area contributed by atoms with Crippen molar-refractivity contribution in [3.8, 4) is 6.07 Å². The number of rotatable bonds is 1. The molecule has 0 spiro atoms. The Balaban J connectivity index is 1.66. The predicted molar refractivity (Wildman–Crippen MR) is 91.5 cm³/mol. The molecule has 0 aromatic heterocycles. The first kappa shape index (κ1) is 15.7. The SMILES string of the molecule is COC(=O)c1ccc2c(c1)CC[C@@H]1[C@@H]2CC[C@]2(C)C(C#N)CC[C@@H]12. The van der Waals surface area contributed by atoms with Crippen LogP contribution in [0.15, 0.2) is 18.2 Å². The van der Waals surface area contributed by atoms with Crippen LogP contribution in [0.25, 0.3) is 0 Å². The van der Waals surface area contributed by atoms with Crippen molar-refractivity contribution in [3.63, 3.8) is 0 Å². The van der Waals surface area contributed by atoms with E-state index in [9.17, 15) is 10.1 Å². The molecule has 1 aromatic carbocycles. The molecule has 2 fully saturated rings. The first-order valence-electron chi connectivity index (χ1n) is 9.19. The van der Waals surface area contributed by atoms with Gasteiger partial charge in [-0.2, -0.15) is 5.26 Å². The molecule has 0 amide bonds. The fraction of sp³-hybridized carbons (Fsp3) is 0.619. The molecule has 5 atom stereocenters. The number of hydrogen-bond acceptors (Lipinski definition) is 3. The van der Waals surface area contributed by atoms with Crippen LogP contribution in [0, 0.1) is 34.5 Å². The summed E-state index contributed by atoms with van der Waals surface area (Å²) in [6, 6.07) is 8.72. The molecule has 0 aliphatic heterocycles. The van der Waals surface area contributed by atoms with Crippen molar-refractivity contribution in [1.29, 1.82) is 5.26 Å². The zero-order valence-corrected chi connectivity index (χ0v) is 14.5. The van der Waals surface area contributed by atoms with Crippen LogP contribution in [-0.4, -0.2) is 13.1 Å². The van der Waals surface area contributed by atoms with E-state index in [0.29, 0.717) is 23.3 Å². The van der Waals surface area contributed by atoms with Gasteiger partial charge in [0.05, 0.1) is 24.7 Å². The molecule has 0 bridgehead atoms. The van der Waals surface area contributed by atoms with Gasteiger partial charge in [0.15, 0.2) is 0 Å². The summed E-state index contributed by atoms with van der Waals surface area (Å²) in [4.78, 5) is 11.8. The summed E-state index contributed by atoms with van der Waals surface area (Å²) >= 11 is 0. The third-order valence-electron chi connectivity index (χ3n) is 7.30. The third-order valence-corrected chi connectivity index (χ3v) is 7.30. The molecule has 3 aliphatic carbocycles. The van der Waals surface area contributed by atoms with Gasteiger partial charge >= 0.3 is 5.97 Å². The minimum absolute atomic E-state index is 0.222. The molecule has 2 saturated carbocycles. The number of carbonyl (C=O) groups excluding carboxylic acids is 1. The van der Waals surface area contributed by atoms with Gasteiger partial charge in [-0.1, -0.05) is 13.0 Å². The maximum Gasteiger partial charge on any atom is 0.337 e. The molecule has 3 aliphatic rings. The molecule has 24 heavy (non-hydrogen) atoms. The summed E-state index contributed by atoms with van der Waals surface area (Å²) in [6.07, 6.45) is 6.88. The summed E-state index contributed by atoms with van der Waals surface area (Å²) in [5.41, 5.74) is 3.67. The van der Waals surface area contributed by atoms with Gasteiger partial charge in [0.2, 0.25) is 0 Å². The summed E-state index contributed by atoms with van der Waals surface area (Å²) in [5.74, 6) is 2.00. The van der Waals surface area contributed by atoms with Crippen LogP contribution < -0.4 is 0 Å². The molecule has 1 aromatic rings. The van der Waals surface area contributed by atoms with Crippen LogP contribution >= 0.6 is 0 Å². The highest BCUT2D eigenvalue weighted by atomic mass is 16.5. The third kappa shape index (κ3) is 2.12. The Morgan fingerprint density at radius 2 is 2.12 bits per heavy atom. The molecular weight excluding hydrogens is 298 g/mol. The van der Waals surface area contributed by atoms with E-state index in [1.807, 2.05) is 12.1 Å². The molecule has 0 radical (unpaired) electrons. The topological polar surface area (TPSA) is 50.1 Å². The van der Waals surface area contributed by atoms with Gasteiger partial charge in [0.1, 0.15) is 0 Å². The van der Waals surface area contributed by atoms with Crippen LogP contribution in [0.5, 0.6) is 0 Å². The van der Waals surface area contributed by atoms with Gasteiger partial charge in [-0.3, -0.25) is 0 Å². The van der Waals surface area contributed by atoms with Crippen molar-refractivity contribution in [3.05, 3.63) is 34.9 Å². The average Bonchev–Trinajstić information content (AvgIpc) is 2.96. The Morgan fingerprint density at radius 3 is 2.88 bits per heavy atom. The number of esters is 1. The minimum atomic E-state index is -0.246. The molecule has 3 heteroatoms. The molecule has 4 rings (SSSR count). The standard InChI is InChI=1S/C21H25NO2/c1-21-10-9-17-16-6-4-14(20(23)24-2)11-13(16)3-7-18(17)19(21)8-5-15(21)12-22/h4,6,11,15,17-19H,3,5,7-10H2,1-2H3/t15?,17-,18-,19+,21-/m1/s1. The molecule has 0 N–H and O–H groups in total. The van der Waals surface area contributed by atoms with E-state index in [2.05, 4.69) is 19.1 Å². The summed E-state index contributed by atoms with van der Waals surface area (Å²) in [7, 11) is 1.44. The minimum Gasteiger partial charge on any atom is -0.465 e. The number of carbonyl (C=O) groups is 1. The number of nitriles is 1. The van der Waals surface area contributed by atoms with Gasteiger partial charge in [-0.05, 0) is 85.0 Å². The summed E-state index contributed by atoms with van der Waals surface area (Å²) in [5, 5.41) is 9.54. The van der Waals surface area contributed by atoms with Crippen molar-refractivity contribution >= 4 is 5.97 Å². The maximum atomic E-state index is 11.8. The largest absolute Gasteiger partial charge is 0.465 e. The maximum absolute atomic E-state index is 11.8. The van der Waals surface area contributed by atoms with Gasteiger partial charge in [0, 0.05) is 0 Å². The lowest BCUT2D eigenvalue weighted by molar-refractivity contribution is 0.0427. The number of benzene rings is 1. The number of fused-ring (bicyclic) bond motifs is 5. The van der Waals surface area contributed by atoms with E-state index >= 15 is 0 Å². The van der Waals surface area contributed by atoms with Crippen molar-refractivity contribution in [2.24, 2.45) is 23.2 Å². The van der Waals surface area contributed by atoms with E-state index in [0.717, 1.165) is 19.3 Å². The first-order valence-corrected chi connectivity index (χ1v) is 9.19. The van der Waals surface area contributed by atoms with Crippen molar-refractivity contribution in [1.82, 2.24) is 0 Å². The number of ether oxygens (including phenoxy) is 1. The van der Waals surface area contributed by atoms with E-state index in [-0.39, 0.29) is 17.3 Å². The Kier molecular flexibility index (Phi) is 3.67.